The molecular formula is C8H5ClF5NO. The van der Waals surface area contributed by atoms with Crippen LogP contribution in [0.5, 0.6) is 5.75 Å². The first-order valence-corrected chi connectivity index (χ1v) is 4.29. The largest absolute Gasteiger partial charge is 0.573 e. The van der Waals surface area contributed by atoms with Crippen molar-refractivity contribution < 1.29 is 26.7 Å². The molecule has 0 aliphatic heterocycles. The highest BCUT2D eigenvalue weighted by molar-refractivity contribution is 6.32. The minimum Gasteiger partial charge on any atom is -0.403 e. The molecule has 8 heteroatoms. The van der Waals surface area contributed by atoms with Gasteiger partial charge in [0.2, 0.25) is 0 Å². The molecular weight excluding hydrogens is 257 g/mol. The lowest BCUT2D eigenvalue weighted by Crippen LogP contribution is -2.18. The van der Waals surface area contributed by atoms with Crippen molar-refractivity contribution in [3.63, 3.8) is 0 Å². The molecule has 0 amide bonds. The van der Waals surface area contributed by atoms with Crippen molar-refractivity contribution in [2.45, 2.75) is 19.7 Å². The van der Waals surface area contributed by atoms with Gasteiger partial charge in [-0.2, -0.15) is 0 Å². The summed E-state index contributed by atoms with van der Waals surface area (Å²) in [7, 11) is 0. The Kier molecular flexibility index (Phi) is 3.57. The molecule has 1 heterocycles. The van der Waals surface area contributed by atoms with Crippen molar-refractivity contribution in [1.29, 1.82) is 0 Å². The van der Waals surface area contributed by atoms with Crippen molar-refractivity contribution in [2.75, 3.05) is 0 Å². The first-order valence-electron chi connectivity index (χ1n) is 3.91. The lowest BCUT2D eigenvalue weighted by molar-refractivity contribution is -0.274. The number of halogens is 6. The van der Waals surface area contributed by atoms with Gasteiger partial charge < -0.3 is 4.74 Å². The maximum absolute atomic E-state index is 12.4. The molecule has 0 unspecified atom stereocenters. The molecule has 90 valence electrons. The van der Waals surface area contributed by atoms with E-state index in [4.69, 9.17) is 11.6 Å². The second kappa shape index (κ2) is 4.40. The predicted octanol–water partition coefficient (Wildman–Crippen LogP) is 3.88. The summed E-state index contributed by atoms with van der Waals surface area (Å²) in [5, 5.41) is -0.778. The fourth-order valence-corrected chi connectivity index (χ4v) is 1.33. The van der Waals surface area contributed by atoms with E-state index in [2.05, 4.69) is 9.72 Å². The predicted molar refractivity (Wildman–Crippen MR) is 45.6 cm³/mol. The Hall–Kier alpha value is -1.11. The standard InChI is InChI=1S/C8H5ClF5NO/c1-3-5(7(10)11)6(9)4(2-15-3)16-8(12,13)14/h2,7H,1H3. The van der Waals surface area contributed by atoms with E-state index in [1.54, 1.807) is 0 Å². The Labute approximate surface area is 92.0 Å². The van der Waals surface area contributed by atoms with Gasteiger partial charge >= 0.3 is 6.36 Å². The average Bonchev–Trinajstić information content (AvgIpc) is 2.07. The number of aromatic nitrogens is 1. The second-order valence-corrected chi connectivity index (χ2v) is 3.16. The summed E-state index contributed by atoms with van der Waals surface area (Å²) < 4.78 is 63.9. The van der Waals surface area contributed by atoms with Gasteiger partial charge in [0.1, 0.15) is 0 Å². The molecule has 0 aliphatic rings. The third-order valence-electron chi connectivity index (χ3n) is 1.66. The van der Waals surface area contributed by atoms with E-state index in [0.717, 1.165) is 0 Å². The number of nitrogens with zero attached hydrogens (tertiary/aromatic N) is 1. The van der Waals surface area contributed by atoms with Crippen molar-refractivity contribution in [1.82, 2.24) is 4.98 Å². The van der Waals surface area contributed by atoms with Crippen LogP contribution >= 0.6 is 11.6 Å². The molecule has 0 atom stereocenters. The Morgan fingerprint density at radius 1 is 1.38 bits per heavy atom. The Balaban J connectivity index is 3.19. The highest BCUT2D eigenvalue weighted by Crippen LogP contribution is 2.37. The third kappa shape index (κ3) is 2.94. The summed E-state index contributed by atoms with van der Waals surface area (Å²) in [6, 6.07) is 0. The molecule has 1 aromatic rings. The molecule has 0 aliphatic carbocycles. The SMILES string of the molecule is Cc1ncc(OC(F)(F)F)c(Cl)c1C(F)F. The molecule has 16 heavy (non-hydrogen) atoms. The topological polar surface area (TPSA) is 22.1 Å². The van der Waals surface area contributed by atoms with E-state index in [9.17, 15) is 22.0 Å². The van der Waals surface area contributed by atoms with Crippen LogP contribution in [0.15, 0.2) is 6.20 Å². The van der Waals surface area contributed by atoms with E-state index >= 15 is 0 Å². The van der Waals surface area contributed by atoms with Crippen molar-refractivity contribution in [2.24, 2.45) is 0 Å². The summed E-state index contributed by atoms with van der Waals surface area (Å²) in [6.07, 6.45) is -7.37. The molecule has 0 saturated carbocycles. The fraction of sp³-hybridized carbons (Fsp3) is 0.375. The lowest BCUT2D eigenvalue weighted by Gasteiger charge is -2.13. The number of alkyl halides is 5. The van der Waals surface area contributed by atoms with Crippen molar-refractivity contribution in [3.8, 4) is 5.75 Å². The Morgan fingerprint density at radius 2 is 1.94 bits per heavy atom. The van der Waals surface area contributed by atoms with Crippen LogP contribution in [-0.4, -0.2) is 11.3 Å². The maximum atomic E-state index is 12.4. The van der Waals surface area contributed by atoms with Gasteiger partial charge in [-0.15, -0.1) is 13.2 Å². The fourth-order valence-electron chi connectivity index (χ4n) is 1.02. The van der Waals surface area contributed by atoms with Crippen LogP contribution in [0.4, 0.5) is 22.0 Å². The number of aryl methyl sites for hydroxylation is 1. The maximum Gasteiger partial charge on any atom is 0.573 e. The van der Waals surface area contributed by atoms with Crippen LogP contribution in [0.2, 0.25) is 5.02 Å². The second-order valence-electron chi connectivity index (χ2n) is 2.78. The monoisotopic (exact) mass is 261 g/mol. The average molecular weight is 262 g/mol. The molecule has 1 aromatic heterocycles. The quantitative estimate of drug-likeness (QED) is 0.754. The summed E-state index contributed by atoms with van der Waals surface area (Å²) in [5.74, 6) is -0.935. The number of ether oxygens (including phenoxy) is 1. The lowest BCUT2D eigenvalue weighted by atomic mass is 10.2. The number of hydrogen-bond donors (Lipinski definition) is 0. The van der Waals surface area contributed by atoms with E-state index in [-0.39, 0.29) is 5.69 Å². The molecule has 0 saturated heterocycles. The molecule has 0 spiro atoms. The molecule has 0 aromatic carbocycles. The first-order chi connectivity index (χ1) is 7.22. The highest BCUT2D eigenvalue weighted by atomic mass is 35.5. The van der Waals surface area contributed by atoms with Crippen LogP contribution in [0.25, 0.3) is 0 Å². The van der Waals surface area contributed by atoms with Gasteiger partial charge in [-0.05, 0) is 6.92 Å². The van der Waals surface area contributed by atoms with Crippen LogP contribution in [0.1, 0.15) is 17.7 Å². The summed E-state index contributed by atoms with van der Waals surface area (Å²) in [5.41, 5.74) is -0.905. The van der Waals surface area contributed by atoms with Gasteiger partial charge in [-0.1, -0.05) is 11.6 Å². The van der Waals surface area contributed by atoms with E-state index in [1.807, 2.05) is 0 Å². The first kappa shape index (κ1) is 13.0. The third-order valence-corrected chi connectivity index (χ3v) is 2.05. The molecule has 0 radical (unpaired) electrons. The number of pyridine rings is 1. The van der Waals surface area contributed by atoms with E-state index in [1.165, 1.54) is 6.92 Å². The molecule has 0 bridgehead atoms. The van der Waals surface area contributed by atoms with E-state index in [0.29, 0.717) is 6.20 Å². The van der Waals surface area contributed by atoms with Gasteiger partial charge in [-0.25, -0.2) is 8.78 Å². The zero-order valence-corrected chi connectivity index (χ0v) is 8.53. The number of rotatable bonds is 2. The summed E-state index contributed by atoms with van der Waals surface area (Å²) in [4.78, 5) is 3.36. The zero-order chi connectivity index (χ0) is 12.5. The minimum absolute atomic E-state index is 0.144. The normalized spacial score (nSPS) is 12.0. The van der Waals surface area contributed by atoms with Crippen LogP contribution in [-0.2, 0) is 0 Å². The highest BCUT2D eigenvalue weighted by Gasteiger charge is 2.33. The van der Waals surface area contributed by atoms with Crippen LogP contribution in [0, 0.1) is 6.92 Å². The zero-order valence-electron chi connectivity index (χ0n) is 7.78. The van der Waals surface area contributed by atoms with Gasteiger partial charge in [0, 0.05) is 5.69 Å². The Morgan fingerprint density at radius 3 is 2.38 bits per heavy atom. The Bertz CT molecular complexity index is 393. The minimum atomic E-state index is -5.00. The van der Waals surface area contributed by atoms with Crippen LogP contribution in [0.3, 0.4) is 0 Å². The summed E-state index contributed by atoms with van der Waals surface area (Å²) >= 11 is 5.37. The molecule has 0 fully saturated rings. The molecule has 2 nitrogen and oxygen atoms in total. The molecule has 0 N–H and O–H groups in total. The van der Waals surface area contributed by atoms with Crippen LogP contribution < -0.4 is 4.74 Å². The van der Waals surface area contributed by atoms with E-state index < -0.39 is 29.1 Å². The van der Waals surface area contributed by atoms with Gasteiger partial charge in [0.05, 0.1) is 16.8 Å². The molecule has 1 rings (SSSR count). The van der Waals surface area contributed by atoms with Crippen molar-refractivity contribution in [3.05, 3.63) is 22.5 Å². The smallest absolute Gasteiger partial charge is 0.403 e. The van der Waals surface area contributed by atoms with Gasteiger partial charge in [0.15, 0.2) is 5.75 Å². The van der Waals surface area contributed by atoms with Gasteiger partial charge in [0.25, 0.3) is 6.43 Å². The van der Waals surface area contributed by atoms with Gasteiger partial charge in [-0.3, -0.25) is 4.98 Å². The number of hydrogen-bond acceptors (Lipinski definition) is 2. The van der Waals surface area contributed by atoms with Crippen molar-refractivity contribution >= 4 is 11.6 Å². The summed E-state index contributed by atoms with van der Waals surface area (Å²) in [6.45, 7) is 1.21.